The van der Waals surface area contributed by atoms with E-state index in [4.69, 9.17) is 0 Å². The van der Waals surface area contributed by atoms with Crippen LogP contribution in [-0.4, -0.2) is 20.9 Å². The quantitative estimate of drug-likeness (QED) is 0.771. The lowest BCUT2D eigenvalue weighted by atomic mass is 10.0. The molecule has 5 nitrogen and oxygen atoms in total. The van der Waals surface area contributed by atoms with Crippen molar-refractivity contribution in [2.75, 3.05) is 11.9 Å². The first-order chi connectivity index (χ1) is 12.2. The Morgan fingerprint density at radius 3 is 2.27 bits per heavy atom. The lowest BCUT2D eigenvalue weighted by molar-refractivity contribution is -0.116. The molecule has 0 heterocycles. The number of sulfonamides is 1. The summed E-state index contributed by atoms with van der Waals surface area (Å²) < 4.78 is 52.2. The van der Waals surface area contributed by atoms with Crippen molar-refractivity contribution in [3.8, 4) is 0 Å². The summed E-state index contributed by atoms with van der Waals surface area (Å²) >= 11 is 0. The topological polar surface area (TPSA) is 75.3 Å². The standard InChI is InChI=1S/C18H20F2N2O3S/c1-12(2)13-3-5-14(6-4-13)22-18(23)9-10-21-26(24,25)15-7-8-16(19)17(20)11-15/h3-8,11-12,21H,9-10H2,1-2H3,(H,22,23). The first-order valence-corrected chi connectivity index (χ1v) is 9.52. The number of nitrogens with one attached hydrogen (secondary N) is 2. The highest BCUT2D eigenvalue weighted by Crippen LogP contribution is 2.17. The third kappa shape index (κ3) is 5.34. The van der Waals surface area contributed by atoms with Crippen LogP contribution in [0.1, 0.15) is 31.7 Å². The molecule has 0 saturated carbocycles. The summed E-state index contributed by atoms with van der Waals surface area (Å²) in [4.78, 5) is 11.5. The maximum atomic E-state index is 13.1. The van der Waals surface area contributed by atoms with Gasteiger partial charge in [0.15, 0.2) is 11.6 Å². The second kappa shape index (κ2) is 8.37. The van der Waals surface area contributed by atoms with E-state index in [9.17, 15) is 22.0 Å². The summed E-state index contributed by atoms with van der Waals surface area (Å²) in [6.07, 6.45) is -0.102. The Labute approximate surface area is 151 Å². The molecular formula is C18H20F2N2O3S. The fourth-order valence-corrected chi connectivity index (χ4v) is 3.24. The molecule has 2 aromatic rings. The molecule has 0 unspecified atom stereocenters. The second-order valence-electron chi connectivity index (χ2n) is 6.05. The van der Waals surface area contributed by atoms with Crippen LogP contribution >= 0.6 is 0 Å². The van der Waals surface area contributed by atoms with Gasteiger partial charge in [0.1, 0.15) is 0 Å². The third-order valence-corrected chi connectivity index (χ3v) is 5.17. The van der Waals surface area contributed by atoms with Crippen LogP contribution in [0, 0.1) is 11.6 Å². The van der Waals surface area contributed by atoms with E-state index >= 15 is 0 Å². The lowest BCUT2D eigenvalue weighted by Gasteiger charge is -2.09. The highest BCUT2D eigenvalue weighted by atomic mass is 32.2. The summed E-state index contributed by atoms with van der Waals surface area (Å²) in [6, 6.07) is 9.65. The van der Waals surface area contributed by atoms with Crippen LogP contribution in [0.5, 0.6) is 0 Å². The minimum Gasteiger partial charge on any atom is -0.326 e. The first-order valence-electron chi connectivity index (χ1n) is 8.03. The van der Waals surface area contributed by atoms with Crippen molar-refractivity contribution in [3.63, 3.8) is 0 Å². The molecule has 0 aliphatic carbocycles. The highest BCUT2D eigenvalue weighted by molar-refractivity contribution is 7.89. The van der Waals surface area contributed by atoms with E-state index in [0.717, 1.165) is 17.7 Å². The molecular weight excluding hydrogens is 362 g/mol. The Kier molecular flexibility index (Phi) is 6.44. The van der Waals surface area contributed by atoms with Gasteiger partial charge in [0.2, 0.25) is 15.9 Å². The van der Waals surface area contributed by atoms with Crippen molar-refractivity contribution in [2.24, 2.45) is 0 Å². The predicted octanol–water partition coefficient (Wildman–Crippen LogP) is 3.40. The molecule has 2 aromatic carbocycles. The van der Waals surface area contributed by atoms with Gasteiger partial charge in [0.25, 0.3) is 0 Å². The van der Waals surface area contributed by atoms with Gasteiger partial charge in [-0.2, -0.15) is 0 Å². The summed E-state index contributed by atoms with van der Waals surface area (Å²) in [7, 11) is -4.02. The predicted molar refractivity (Wildman–Crippen MR) is 95.3 cm³/mol. The zero-order valence-corrected chi connectivity index (χ0v) is 15.2. The maximum Gasteiger partial charge on any atom is 0.240 e. The average molecular weight is 382 g/mol. The fraction of sp³-hybridized carbons (Fsp3) is 0.278. The second-order valence-corrected chi connectivity index (χ2v) is 7.82. The van der Waals surface area contributed by atoms with Crippen molar-refractivity contribution >= 4 is 21.6 Å². The van der Waals surface area contributed by atoms with E-state index in [-0.39, 0.29) is 18.9 Å². The van der Waals surface area contributed by atoms with Crippen LogP contribution in [-0.2, 0) is 14.8 Å². The van der Waals surface area contributed by atoms with Crippen molar-refractivity contribution in [2.45, 2.75) is 31.1 Å². The number of benzene rings is 2. The Morgan fingerprint density at radius 1 is 1.04 bits per heavy atom. The monoisotopic (exact) mass is 382 g/mol. The summed E-state index contributed by atoms with van der Waals surface area (Å²) in [6.45, 7) is 3.95. The molecule has 2 rings (SSSR count). The summed E-state index contributed by atoms with van der Waals surface area (Å²) in [5.41, 5.74) is 1.75. The van der Waals surface area contributed by atoms with Gasteiger partial charge in [0.05, 0.1) is 4.90 Å². The van der Waals surface area contributed by atoms with Gasteiger partial charge in [-0.25, -0.2) is 21.9 Å². The number of halogens is 2. The van der Waals surface area contributed by atoms with Crippen LogP contribution in [0.15, 0.2) is 47.4 Å². The SMILES string of the molecule is CC(C)c1ccc(NC(=O)CCNS(=O)(=O)c2ccc(F)c(F)c2)cc1. The van der Waals surface area contributed by atoms with Crippen LogP contribution in [0.2, 0.25) is 0 Å². The number of hydrogen-bond acceptors (Lipinski definition) is 3. The van der Waals surface area contributed by atoms with E-state index in [0.29, 0.717) is 17.7 Å². The molecule has 8 heteroatoms. The molecule has 0 spiro atoms. The molecule has 0 radical (unpaired) electrons. The minimum atomic E-state index is -4.02. The fourth-order valence-electron chi connectivity index (χ4n) is 2.20. The first kappa shape index (κ1) is 20.0. The van der Waals surface area contributed by atoms with Gasteiger partial charge in [-0.1, -0.05) is 26.0 Å². The van der Waals surface area contributed by atoms with Crippen LogP contribution in [0.4, 0.5) is 14.5 Å². The number of rotatable bonds is 7. The van der Waals surface area contributed by atoms with Crippen molar-refractivity contribution in [3.05, 3.63) is 59.7 Å². The van der Waals surface area contributed by atoms with Crippen molar-refractivity contribution in [1.29, 1.82) is 0 Å². The lowest BCUT2D eigenvalue weighted by Crippen LogP contribution is -2.28. The van der Waals surface area contributed by atoms with Gasteiger partial charge in [-0.05, 0) is 41.8 Å². The molecule has 140 valence electrons. The molecule has 26 heavy (non-hydrogen) atoms. The zero-order chi connectivity index (χ0) is 19.3. The van der Waals surface area contributed by atoms with Crippen LogP contribution in [0.25, 0.3) is 0 Å². The van der Waals surface area contributed by atoms with Gasteiger partial charge in [-0.3, -0.25) is 4.79 Å². The normalized spacial score (nSPS) is 11.6. The molecule has 0 saturated heterocycles. The molecule has 0 bridgehead atoms. The Balaban J connectivity index is 1.88. The largest absolute Gasteiger partial charge is 0.326 e. The summed E-state index contributed by atoms with van der Waals surface area (Å²) in [5, 5.41) is 2.67. The minimum absolute atomic E-state index is 0.102. The Morgan fingerprint density at radius 2 is 1.69 bits per heavy atom. The molecule has 0 fully saturated rings. The number of anilines is 1. The van der Waals surface area contributed by atoms with E-state index in [1.807, 2.05) is 12.1 Å². The number of hydrogen-bond donors (Lipinski definition) is 2. The van der Waals surface area contributed by atoms with Gasteiger partial charge < -0.3 is 5.32 Å². The number of amides is 1. The average Bonchev–Trinajstić information content (AvgIpc) is 2.57. The van der Waals surface area contributed by atoms with Crippen LogP contribution in [0.3, 0.4) is 0 Å². The molecule has 1 amide bonds. The van der Waals surface area contributed by atoms with Gasteiger partial charge in [-0.15, -0.1) is 0 Å². The smallest absolute Gasteiger partial charge is 0.240 e. The third-order valence-electron chi connectivity index (χ3n) is 3.71. The Bertz CT molecular complexity index is 882. The maximum absolute atomic E-state index is 13.1. The van der Waals surface area contributed by atoms with E-state index in [1.165, 1.54) is 0 Å². The van der Waals surface area contributed by atoms with Crippen molar-refractivity contribution < 1.29 is 22.0 Å². The van der Waals surface area contributed by atoms with Crippen molar-refractivity contribution in [1.82, 2.24) is 4.72 Å². The molecule has 0 aliphatic heterocycles. The zero-order valence-electron chi connectivity index (χ0n) is 14.4. The Hall–Kier alpha value is -2.32. The summed E-state index contributed by atoms with van der Waals surface area (Å²) in [5.74, 6) is -2.37. The highest BCUT2D eigenvalue weighted by Gasteiger charge is 2.16. The van der Waals surface area contributed by atoms with Crippen LogP contribution < -0.4 is 10.0 Å². The molecule has 0 aliphatic rings. The van der Waals surface area contributed by atoms with E-state index in [2.05, 4.69) is 23.9 Å². The van der Waals surface area contributed by atoms with Gasteiger partial charge >= 0.3 is 0 Å². The van der Waals surface area contributed by atoms with E-state index < -0.39 is 26.6 Å². The van der Waals surface area contributed by atoms with E-state index in [1.54, 1.807) is 12.1 Å². The van der Waals surface area contributed by atoms with Gasteiger partial charge in [0, 0.05) is 18.7 Å². The molecule has 0 atom stereocenters. The molecule has 2 N–H and O–H groups in total. The number of carbonyl (C=O) groups is 1. The number of carbonyl (C=O) groups excluding carboxylic acids is 1. The molecule has 0 aromatic heterocycles.